The molecule has 0 bridgehead atoms. The van der Waals surface area contributed by atoms with Crippen molar-refractivity contribution in [2.75, 3.05) is 0 Å². The van der Waals surface area contributed by atoms with Crippen molar-refractivity contribution in [3.63, 3.8) is 0 Å². The van der Waals surface area contributed by atoms with Crippen LogP contribution in [0.2, 0.25) is 0 Å². The quantitative estimate of drug-likeness (QED) is 0.755. The van der Waals surface area contributed by atoms with Crippen LogP contribution in [0.15, 0.2) is 12.1 Å². The Morgan fingerprint density at radius 1 is 1.28 bits per heavy atom. The van der Waals surface area contributed by atoms with Gasteiger partial charge < -0.3 is 15.9 Å². The van der Waals surface area contributed by atoms with Crippen molar-refractivity contribution in [2.45, 2.75) is 37.6 Å². The maximum atomic E-state index is 13.6. The Balaban J connectivity index is 2.48. The van der Waals surface area contributed by atoms with Gasteiger partial charge in [0.1, 0.15) is 5.56 Å². The zero-order chi connectivity index (χ0) is 13.3. The fourth-order valence-electron chi connectivity index (χ4n) is 2.52. The van der Waals surface area contributed by atoms with E-state index >= 15 is 0 Å². The number of carbonyl (C=O) groups is 1. The van der Waals surface area contributed by atoms with Crippen molar-refractivity contribution in [3.8, 4) is 5.75 Å². The summed E-state index contributed by atoms with van der Waals surface area (Å²) in [6.45, 7) is 0. The molecule has 5 heteroatoms. The molecular weight excluding hydrogens is 237 g/mol. The summed E-state index contributed by atoms with van der Waals surface area (Å²) in [4.78, 5) is 10.9. The first-order valence-electron chi connectivity index (χ1n) is 5.99. The Kier molecular flexibility index (Phi) is 3.26. The molecule has 0 aliphatic heterocycles. The number of phenols is 1. The molecule has 1 aromatic carbocycles. The fraction of sp³-hybridized carbons (Fsp3) is 0.462. The minimum absolute atomic E-state index is 0.430. The molecule has 1 aromatic rings. The van der Waals surface area contributed by atoms with Crippen molar-refractivity contribution in [1.82, 2.24) is 0 Å². The van der Waals surface area contributed by atoms with Gasteiger partial charge in [-0.3, -0.25) is 0 Å². The maximum absolute atomic E-state index is 13.6. The molecule has 4 nitrogen and oxygen atoms in total. The van der Waals surface area contributed by atoms with Crippen LogP contribution in [0.25, 0.3) is 0 Å². The van der Waals surface area contributed by atoms with Gasteiger partial charge in [0, 0.05) is 5.54 Å². The van der Waals surface area contributed by atoms with Crippen LogP contribution in [-0.2, 0) is 5.54 Å². The number of halogens is 1. The summed E-state index contributed by atoms with van der Waals surface area (Å²) < 4.78 is 13.6. The van der Waals surface area contributed by atoms with Crippen LogP contribution in [0.4, 0.5) is 4.39 Å². The van der Waals surface area contributed by atoms with Gasteiger partial charge in [0.15, 0.2) is 11.6 Å². The first-order chi connectivity index (χ1) is 8.44. The van der Waals surface area contributed by atoms with Crippen molar-refractivity contribution >= 4 is 5.97 Å². The van der Waals surface area contributed by atoms with Gasteiger partial charge in [-0.05, 0) is 30.5 Å². The van der Waals surface area contributed by atoms with Gasteiger partial charge in [0.25, 0.3) is 0 Å². The minimum Gasteiger partial charge on any atom is -0.504 e. The highest BCUT2D eigenvalue weighted by molar-refractivity contribution is 5.91. The van der Waals surface area contributed by atoms with Crippen molar-refractivity contribution in [3.05, 3.63) is 29.1 Å². The lowest BCUT2D eigenvalue weighted by molar-refractivity contribution is 0.0692. The smallest absolute Gasteiger partial charge is 0.339 e. The largest absolute Gasteiger partial charge is 0.504 e. The molecule has 0 saturated heterocycles. The van der Waals surface area contributed by atoms with E-state index in [-0.39, 0.29) is 0 Å². The van der Waals surface area contributed by atoms with E-state index in [0.717, 1.165) is 25.3 Å². The Morgan fingerprint density at radius 3 is 2.44 bits per heavy atom. The Bertz CT molecular complexity index is 481. The van der Waals surface area contributed by atoms with Crippen molar-refractivity contribution in [2.24, 2.45) is 5.73 Å². The molecular formula is C13H16FNO3. The molecule has 0 radical (unpaired) electrons. The third kappa shape index (κ3) is 2.18. The zero-order valence-corrected chi connectivity index (χ0v) is 9.95. The molecule has 1 fully saturated rings. The molecule has 0 aromatic heterocycles. The molecule has 0 spiro atoms. The normalized spacial score (nSPS) is 18.6. The topological polar surface area (TPSA) is 83.5 Å². The SMILES string of the molecule is NC1(c2cc(F)c(O)c(C(=O)O)c2)CCCCC1. The molecule has 0 heterocycles. The van der Waals surface area contributed by atoms with E-state index in [1.807, 2.05) is 0 Å². The van der Waals surface area contributed by atoms with Gasteiger partial charge in [-0.1, -0.05) is 19.3 Å². The maximum Gasteiger partial charge on any atom is 0.339 e. The van der Waals surface area contributed by atoms with E-state index < -0.39 is 28.6 Å². The van der Waals surface area contributed by atoms with Gasteiger partial charge in [-0.25, -0.2) is 9.18 Å². The molecule has 1 aliphatic rings. The van der Waals surface area contributed by atoms with E-state index in [9.17, 15) is 14.3 Å². The Labute approximate surface area is 104 Å². The fourth-order valence-corrected chi connectivity index (χ4v) is 2.52. The van der Waals surface area contributed by atoms with Crippen LogP contribution in [0.3, 0.4) is 0 Å². The molecule has 0 atom stereocenters. The summed E-state index contributed by atoms with van der Waals surface area (Å²) >= 11 is 0. The predicted octanol–water partition coefficient (Wildman–Crippen LogP) is 2.35. The van der Waals surface area contributed by atoms with Gasteiger partial charge >= 0.3 is 5.97 Å². The monoisotopic (exact) mass is 253 g/mol. The summed E-state index contributed by atoms with van der Waals surface area (Å²) in [5.74, 6) is -3.11. The number of nitrogens with two attached hydrogens (primary N) is 1. The van der Waals surface area contributed by atoms with E-state index in [4.69, 9.17) is 10.8 Å². The summed E-state index contributed by atoms with van der Waals surface area (Å²) in [5.41, 5.74) is 5.57. The highest BCUT2D eigenvalue weighted by Gasteiger charge is 2.31. The summed E-state index contributed by atoms with van der Waals surface area (Å²) in [5, 5.41) is 18.3. The molecule has 98 valence electrons. The van der Waals surface area contributed by atoms with E-state index in [2.05, 4.69) is 0 Å². The lowest BCUT2D eigenvalue weighted by atomic mass is 9.77. The second kappa shape index (κ2) is 4.57. The molecule has 1 saturated carbocycles. The zero-order valence-electron chi connectivity index (χ0n) is 9.95. The van der Waals surface area contributed by atoms with Crippen LogP contribution in [0, 0.1) is 5.82 Å². The third-order valence-corrected chi connectivity index (χ3v) is 3.61. The molecule has 0 amide bonds. The molecule has 18 heavy (non-hydrogen) atoms. The van der Waals surface area contributed by atoms with Gasteiger partial charge in [-0.15, -0.1) is 0 Å². The number of aromatic hydroxyl groups is 1. The predicted molar refractivity (Wildman–Crippen MR) is 64.0 cm³/mol. The van der Waals surface area contributed by atoms with Crippen molar-refractivity contribution in [1.29, 1.82) is 0 Å². The number of rotatable bonds is 2. The number of aromatic carboxylic acids is 1. The molecule has 1 aliphatic carbocycles. The number of carboxylic acids is 1. The van der Waals surface area contributed by atoms with Crippen LogP contribution in [0.5, 0.6) is 5.75 Å². The average Bonchev–Trinajstić information content (AvgIpc) is 2.33. The van der Waals surface area contributed by atoms with Crippen molar-refractivity contribution < 1.29 is 19.4 Å². The average molecular weight is 253 g/mol. The Hall–Kier alpha value is -1.62. The molecule has 4 N–H and O–H groups in total. The third-order valence-electron chi connectivity index (χ3n) is 3.61. The molecule has 2 rings (SSSR count). The summed E-state index contributed by atoms with van der Waals surface area (Å²) in [6, 6.07) is 2.43. The highest BCUT2D eigenvalue weighted by atomic mass is 19.1. The van der Waals surface area contributed by atoms with E-state index in [1.54, 1.807) is 0 Å². The first-order valence-corrected chi connectivity index (χ1v) is 5.99. The van der Waals surface area contributed by atoms with Crippen LogP contribution in [-0.4, -0.2) is 16.2 Å². The van der Waals surface area contributed by atoms with E-state index in [1.165, 1.54) is 6.07 Å². The first kappa shape index (κ1) is 12.8. The number of hydrogen-bond acceptors (Lipinski definition) is 3. The minimum atomic E-state index is -1.35. The second-order valence-corrected chi connectivity index (χ2v) is 4.88. The second-order valence-electron chi connectivity index (χ2n) is 4.88. The summed E-state index contributed by atoms with van der Waals surface area (Å²) in [6.07, 6.45) is 4.39. The standard InChI is InChI=1S/C13H16FNO3/c14-10-7-8(6-9(11(10)16)12(17)18)13(15)4-2-1-3-5-13/h6-7,16H,1-5,15H2,(H,17,18). The van der Waals surface area contributed by atoms with Gasteiger partial charge in [-0.2, -0.15) is 0 Å². The van der Waals surface area contributed by atoms with Gasteiger partial charge in [0.05, 0.1) is 0 Å². The van der Waals surface area contributed by atoms with Crippen LogP contribution >= 0.6 is 0 Å². The highest BCUT2D eigenvalue weighted by Crippen LogP contribution is 2.37. The van der Waals surface area contributed by atoms with Crippen LogP contribution in [0.1, 0.15) is 48.0 Å². The lowest BCUT2D eigenvalue weighted by Crippen LogP contribution is -2.38. The number of benzene rings is 1. The number of carboxylic acid groups (broad SMARTS) is 1. The van der Waals surface area contributed by atoms with Gasteiger partial charge in [0.2, 0.25) is 0 Å². The number of hydrogen-bond donors (Lipinski definition) is 3. The van der Waals surface area contributed by atoms with E-state index in [0.29, 0.717) is 18.4 Å². The Morgan fingerprint density at radius 2 is 1.89 bits per heavy atom. The van der Waals surface area contributed by atoms with Crippen LogP contribution < -0.4 is 5.73 Å². The summed E-state index contributed by atoms with van der Waals surface area (Å²) in [7, 11) is 0. The lowest BCUT2D eigenvalue weighted by Gasteiger charge is -2.34. The molecule has 0 unspecified atom stereocenters.